The lowest BCUT2D eigenvalue weighted by Gasteiger charge is -2.36. The van der Waals surface area contributed by atoms with Crippen molar-refractivity contribution < 1.29 is 23.8 Å². The molecule has 1 aliphatic heterocycles. The summed E-state index contributed by atoms with van der Waals surface area (Å²) in [6.07, 6.45) is 0.996. The number of amides is 1. The monoisotopic (exact) mass is 530 g/mol. The van der Waals surface area contributed by atoms with E-state index in [4.69, 9.17) is 14.2 Å². The van der Waals surface area contributed by atoms with Crippen LogP contribution in [-0.2, 0) is 9.59 Å². The highest BCUT2D eigenvalue weighted by molar-refractivity contribution is 7.10. The van der Waals surface area contributed by atoms with Crippen LogP contribution in [-0.4, -0.2) is 33.0 Å². The SMILES string of the molecule is COc1ccccc1NC(=O)C1=C(C)NC2=C(C(=O)CC(c3ccc(OC)c(OC)c3)C2)C1c1cccs1. The fraction of sp³-hybridized carbons (Fsp3) is 0.267. The molecule has 2 aromatic carbocycles. The van der Waals surface area contributed by atoms with Crippen molar-refractivity contribution in [3.8, 4) is 17.2 Å². The Morgan fingerprint density at radius 1 is 0.947 bits per heavy atom. The van der Waals surface area contributed by atoms with Gasteiger partial charge in [-0.05, 0) is 60.5 Å². The maximum Gasteiger partial charge on any atom is 0.254 e. The minimum atomic E-state index is -0.445. The molecular weight excluding hydrogens is 500 g/mol. The first-order valence-electron chi connectivity index (χ1n) is 12.4. The summed E-state index contributed by atoms with van der Waals surface area (Å²) in [6.45, 7) is 1.89. The van der Waals surface area contributed by atoms with E-state index in [0.29, 0.717) is 46.9 Å². The average molecular weight is 531 g/mol. The Morgan fingerprint density at radius 2 is 1.71 bits per heavy atom. The van der Waals surface area contributed by atoms with Gasteiger partial charge in [0, 0.05) is 33.8 Å². The second-order valence-corrected chi connectivity index (χ2v) is 10.3. The molecule has 0 bridgehead atoms. The second kappa shape index (κ2) is 10.8. The summed E-state index contributed by atoms with van der Waals surface area (Å²) in [6, 6.07) is 17.0. The van der Waals surface area contributed by atoms with Crippen LogP contribution in [0, 0.1) is 0 Å². The number of thiophene rings is 1. The smallest absolute Gasteiger partial charge is 0.254 e. The number of anilines is 1. The van der Waals surface area contributed by atoms with Crippen LogP contribution in [0.4, 0.5) is 5.69 Å². The highest BCUT2D eigenvalue weighted by Gasteiger charge is 2.41. The molecule has 2 heterocycles. The van der Waals surface area contributed by atoms with E-state index in [9.17, 15) is 9.59 Å². The summed E-state index contributed by atoms with van der Waals surface area (Å²) in [5.41, 5.74) is 4.39. The Balaban J connectivity index is 1.51. The number of hydrogen-bond acceptors (Lipinski definition) is 7. The van der Waals surface area contributed by atoms with Gasteiger partial charge >= 0.3 is 0 Å². The van der Waals surface area contributed by atoms with Crippen molar-refractivity contribution in [1.82, 2.24) is 5.32 Å². The van der Waals surface area contributed by atoms with Crippen molar-refractivity contribution in [3.05, 3.63) is 93.0 Å². The van der Waals surface area contributed by atoms with Crippen LogP contribution in [0.5, 0.6) is 17.2 Å². The Hall–Kier alpha value is -4.04. The van der Waals surface area contributed by atoms with Crippen LogP contribution in [0.15, 0.2) is 82.5 Å². The molecule has 0 saturated heterocycles. The summed E-state index contributed by atoms with van der Waals surface area (Å²) < 4.78 is 16.3. The van der Waals surface area contributed by atoms with Gasteiger partial charge in [0.05, 0.1) is 32.9 Å². The number of para-hydroxylation sites is 2. The Kier molecular flexibility index (Phi) is 7.24. The predicted molar refractivity (Wildman–Crippen MR) is 148 cm³/mol. The topological polar surface area (TPSA) is 85.9 Å². The summed E-state index contributed by atoms with van der Waals surface area (Å²) in [5, 5.41) is 8.41. The lowest BCUT2D eigenvalue weighted by atomic mass is 9.73. The van der Waals surface area contributed by atoms with Crippen LogP contribution in [0.1, 0.15) is 42.0 Å². The molecular formula is C30H30N2O5S. The Labute approximate surface area is 226 Å². The summed E-state index contributed by atoms with van der Waals surface area (Å²) in [4.78, 5) is 28.5. The van der Waals surface area contributed by atoms with E-state index < -0.39 is 5.92 Å². The van der Waals surface area contributed by atoms with Gasteiger partial charge in [-0.15, -0.1) is 11.3 Å². The molecule has 196 valence electrons. The van der Waals surface area contributed by atoms with Gasteiger partial charge in [-0.1, -0.05) is 24.3 Å². The van der Waals surface area contributed by atoms with E-state index in [1.54, 1.807) is 44.8 Å². The number of hydrogen-bond donors (Lipinski definition) is 2. The molecule has 0 spiro atoms. The van der Waals surface area contributed by atoms with Crippen LogP contribution in [0.2, 0.25) is 0 Å². The van der Waals surface area contributed by atoms with E-state index in [2.05, 4.69) is 10.6 Å². The number of rotatable bonds is 7. The summed E-state index contributed by atoms with van der Waals surface area (Å²) in [5.74, 6) is 1.16. The molecule has 2 unspecified atom stereocenters. The first-order valence-corrected chi connectivity index (χ1v) is 13.3. The molecule has 0 saturated carbocycles. The van der Waals surface area contributed by atoms with Gasteiger partial charge in [-0.3, -0.25) is 9.59 Å². The number of Topliss-reactive ketones (excluding diaryl/α,β-unsaturated/α-hetero) is 1. The molecule has 3 aromatic rings. The van der Waals surface area contributed by atoms with E-state index in [0.717, 1.165) is 21.8 Å². The lowest BCUT2D eigenvalue weighted by molar-refractivity contribution is -0.116. The van der Waals surface area contributed by atoms with Crippen LogP contribution >= 0.6 is 11.3 Å². The van der Waals surface area contributed by atoms with E-state index >= 15 is 0 Å². The number of carbonyl (C=O) groups is 2. The standard InChI is InChI=1S/C30H30N2O5S/c1-17-27(30(34)32-20-8-5-6-9-23(20)35-2)29(26-10-7-13-38-26)28-21(31-17)14-19(15-22(28)33)18-11-12-24(36-3)25(16-18)37-4/h5-13,16,19,29,31H,14-15H2,1-4H3,(H,32,34). The molecule has 38 heavy (non-hydrogen) atoms. The quantitative estimate of drug-likeness (QED) is 0.403. The van der Waals surface area contributed by atoms with Crippen molar-refractivity contribution in [2.75, 3.05) is 26.6 Å². The number of methoxy groups -OCH3 is 3. The Bertz CT molecular complexity index is 1440. The van der Waals surface area contributed by atoms with Crippen molar-refractivity contribution in [2.45, 2.75) is 31.6 Å². The lowest BCUT2D eigenvalue weighted by Crippen LogP contribution is -2.36. The molecule has 2 atom stereocenters. The molecule has 1 aromatic heterocycles. The minimum absolute atomic E-state index is 0.0192. The van der Waals surface area contributed by atoms with Crippen LogP contribution < -0.4 is 24.8 Å². The maximum atomic E-state index is 13.8. The Morgan fingerprint density at radius 3 is 2.42 bits per heavy atom. The molecule has 5 rings (SSSR count). The van der Waals surface area contributed by atoms with Crippen LogP contribution in [0.3, 0.4) is 0 Å². The zero-order valence-corrected chi connectivity index (χ0v) is 22.6. The van der Waals surface area contributed by atoms with E-state index in [1.807, 2.05) is 54.8 Å². The number of ketones is 1. The van der Waals surface area contributed by atoms with E-state index in [-0.39, 0.29) is 17.6 Å². The number of allylic oxidation sites excluding steroid dienone is 3. The largest absolute Gasteiger partial charge is 0.495 e. The number of benzene rings is 2. The van der Waals surface area contributed by atoms with Gasteiger partial charge in [0.25, 0.3) is 5.91 Å². The number of carbonyl (C=O) groups excluding carboxylic acids is 2. The highest BCUT2D eigenvalue weighted by atomic mass is 32.1. The third kappa shape index (κ3) is 4.67. The van der Waals surface area contributed by atoms with E-state index in [1.165, 1.54) is 0 Å². The zero-order valence-electron chi connectivity index (χ0n) is 21.8. The first kappa shape index (κ1) is 25.6. The van der Waals surface area contributed by atoms with Gasteiger partial charge in [0.1, 0.15) is 5.75 Å². The predicted octanol–water partition coefficient (Wildman–Crippen LogP) is 5.77. The molecule has 0 fully saturated rings. The molecule has 0 radical (unpaired) electrons. The first-order chi connectivity index (χ1) is 18.4. The average Bonchev–Trinajstić information content (AvgIpc) is 3.46. The summed E-state index contributed by atoms with van der Waals surface area (Å²) in [7, 11) is 4.78. The minimum Gasteiger partial charge on any atom is -0.495 e. The van der Waals surface area contributed by atoms with Crippen molar-refractivity contribution >= 4 is 28.7 Å². The number of ether oxygens (including phenoxy) is 3. The summed E-state index contributed by atoms with van der Waals surface area (Å²) >= 11 is 1.55. The van der Waals surface area contributed by atoms with Crippen molar-refractivity contribution in [2.24, 2.45) is 0 Å². The highest BCUT2D eigenvalue weighted by Crippen LogP contribution is 2.47. The number of dihydropyridines is 1. The normalized spacial score (nSPS) is 19.0. The molecule has 7 nitrogen and oxygen atoms in total. The second-order valence-electron chi connectivity index (χ2n) is 9.30. The van der Waals surface area contributed by atoms with Gasteiger partial charge in [-0.25, -0.2) is 0 Å². The zero-order chi connectivity index (χ0) is 26.8. The molecule has 8 heteroatoms. The molecule has 2 N–H and O–H groups in total. The van der Waals surface area contributed by atoms with Crippen molar-refractivity contribution in [3.63, 3.8) is 0 Å². The van der Waals surface area contributed by atoms with Gasteiger partial charge in [0.15, 0.2) is 17.3 Å². The fourth-order valence-corrected chi connectivity index (χ4v) is 6.20. The molecule has 1 amide bonds. The molecule has 1 aliphatic carbocycles. The van der Waals surface area contributed by atoms with Gasteiger partial charge < -0.3 is 24.8 Å². The van der Waals surface area contributed by atoms with Crippen molar-refractivity contribution in [1.29, 1.82) is 0 Å². The maximum absolute atomic E-state index is 13.8. The third-order valence-electron chi connectivity index (χ3n) is 7.13. The molecule has 2 aliphatic rings. The number of nitrogens with one attached hydrogen (secondary N) is 2. The van der Waals surface area contributed by atoms with Crippen LogP contribution in [0.25, 0.3) is 0 Å². The fourth-order valence-electron chi connectivity index (χ4n) is 5.36. The van der Waals surface area contributed by atoms with Gasteiger partial charge in [-0.2, -0.15) is 0 Å². The third-order valence-corrected chi connectivity index (χ3v) is 8.07. The van der Waals surface area contributed by atoms with Gasteiger partial charge in [0.2, 0.25) is 0 Å².